The summed E-state index contributed by atoms with van der Waals surface area (Å²) in [5.74, 6) is 0. The molecule has 1 aliphatic rings. The van der Waals surface area contributed by atoms with Gasteiger partial charge in [-0.25, -0.2) is 0 Å². The fourth-order valence-corrected chi connectivity index (χ4v) is 1.14. The predicted octanol–water partition coefficient (Wildman–Crippen LogP) is -1.94. The van der Waals surface area contributed by atoms with Gasteiger partial charge < -0.3 is 20.6 Å². The van der Waals surface area contributed by atoms with Gasteiger partial charge in [0, 0.05) is 13.0 Å². The molecule has 0 aromatic rings. The maximum atomic E-state index is 9.16. The molecule has 0 unspecified atom stereocenters. The zero-order valence-electron chi connectivity index (χ0n) is 5.70. The van der Waals surface area contributed by atoms with E-state index in [1.807, 2.05) is 0 Å². The molecule has 0 aromatic heterocycles. The first-order valence-electron chi connectivity index (χ1n) is 3.44. The second-order valence-electron chi connectivity index (χ2n) is 2.65. The molecule has 0 bridgehead atoms. The number of hydrogen-bond acceptors (Lipinski definition) is 4. The van der Waals surface area contributed by atoms with Gasteiger partial charge >= 0.3 is 0 Å². The van der Waals surface area contributed by atoms with Crippen molar-refractivity contribution >= 4 is 0 Å². The maximum absolute atomic E-state index is 9.16. The molecule has 3 atom stereocenters. The summed E-state index contributed by atoms with van der Waals surface area (Å²) >= 11 is 0. The monoisotopic (exact) mass is 147 g/mol. The second kappa shape index (κ2) is 3.30. The number of hydrogen-bond donors (Lipinski definition) is 4. The lowest BCUT2D eigenvalue weighted by molar-refractivity contribution is 0.00654. The highest BCUT2D eigenvalue weighted by Crippen LogP contribution is 2.07. The molecular weight excluding hydrogens is 134 g/mol. The lowest BCUT2D eigenvalue weighted by Gasteiger charge is -2.30. The molecule has 0 saturated carbocycles. The predicted molar refractivity (Wildman–Crippen MR) is 35.5 cm³/mol. The van der Waals surface area contributed by atoms with Gasteiger partial charge in [-0.2, -0.15) is 0 Å². The van der Waals surface area contributed by atoms with Crippen LogP contribution in [0.3, 0.4) is 0 Å². The first-order chi connectivity index (χ1) is 4.74. The van der Waals surface area contributed by atoms with Crippen LogP contribution in [0.2, 0.25) is 0 Å². The quantitative estimate of drug-likeness (QED) is 0.348. The summed E-state index contributed by atoms with van der Waals surface area (Å²) in [7, 11) is 0. The van der Waals surface area contributed by atoms with E-state index < -0.39 is 12.2 Å². The van der Waals surface area contributed by atoms with Crippen LogP contribution in [-0.2, 0) is 0 Å². The Morgan fingerprint density at radius 3 is 2.60 bits per heavy atom. The van der Waals surface area contributed by atoms with E-state index in [1.165, 1.54) is 0 Å². The number of aliphatic hydroxyl groups is 3. The van der Waals surface area contributed by atoms with Crippen molar-refractivity contribution in [1.82, 2.24) is 5.32 Å². The molecule has 0 aliphatic carbocycles. The average Bonchev–Trinajstić information content (AvgIpc) is 1.88. The fourth-order valence-electron chi connectivity index (χ4n) is 1.14. The van der Waals surface area contributed by atoms with E-state index in [-0.39, 0.29) is 12.6 Å². The van der Waals surface area contributed by atoms with Crippen LogP contribution in [-0.4, -0.2) is 46.7 Å². The summed E-state index contributed by atoms with van der Waals surface area (Å²) in [5, 5.41) is 29.6. The highest BCUT2D eigenvalue weighted by atomic mass is 16.3. The third-order valence-corrected chi connectivity index (χ3v) is 1.79. The molecule has 4 N–H and O–H groups in total. The van der Waals surface area contributed by atoms with Crippen molar-refractivity contribution in [3.63, 3.8) is 0 Å². The van der Waals surface area contributed by atoms with E-state index in [0.29, 0.717) is 13.0 Å². The van der Waals surface area contributed by atoms with Crippen molar-refractivity contribution in [2.75, 3.05) is 13.2 Å². The van der Waals surface area contributed by atoms with Gasteiger partial charge in [0.2, 0.25) is 0 Å². The molecule has 0 radical (unpaired) electrons. The molecule has 1 rings (SSSR count). The van der Waals surface area contributed by atoms with Crippen molar-refractivity contribution in [2.45, 2.75) is 24.7 Å². The third-order valence-electron chi connectivity index (χ3n) is 1.79. The minimum atomic E-state index is -0.617. The number of nitrogens with one attached hydrogen (secondary N) is 1. The van der Waals surface area contributed by atoms with Gasteiger partial charge in [-0.3, -0.25) is 0 Å². The van der Waals surface area contributed by atoms with Crippen LogP contribution >= 0.6 is 0 Å². The van der Waals surface area contributed by atoms with E-state index >= 15 is 0 Å². The molecule has 1 heterocycles. The smallest absolute Gasteiger partial charge is 0.0740 e. The van der Waals surface area contributed by atoms with Crippen LogP contribution in [0.25, 0.3) is 0 Å². The molecule has 10 heavy (non-hydrogen) atoms. The van der Waals surface area contributed by atoms with E-state index in [0.717, 1.165) is 0 Å². The topological polar surface area (TPSA) is 72.7 Å². The van der Waals surface area contributed by atoms with Crippen LogP contribution in [0.1, 0.15) is 6.42 Å². The van der Waals surface area contributed by atoms with Gasteiger partial charge in [0.15, 0.2) is 0 Å². The minimum absolute atomic E-state index is 0.0755. The van der Waals surface area contributed by atoms with Crippen molar-refractivity contribution in [1.29, 1.82) is 0 Å². The van der Waals surface area contributed by atoms with Gasteiger partial charge in [-0.05, 0) is 0 Å². The van der Waals surface area contributed by atoms with Gasteiger partial charge in [-0.15, -0.1) is 0 Å². The van der Waals surface area contributed by atoms with Crippen LogP contribution in [0, 0.1) is 0 Å². The van der Waals surface area contributed by atoms with Crippen LogP contribution in [0.15, 0.2) is 0 Å². The number of aliphatic hydroxyl groups excluding tert-OH is 3. The van der Waals surface area contributed by atoms with E-state index in [1.54, 1.807) is 0 Å². The standard InChI is InChI=1S/C6H13NO3/c8-3-5-6(10)1-4(9)2-7-5/h4-10H,1-3H2/t4-,5-,6+/m0/s1. The summed E-state index contributed by atoms with van der Waals surface area (Å²) in [6.07, 6.45) is -0.732. The highest BCUT2D eigenvalue weighted by Gasteiger charge is 2.26. The Bertz CT molecular complexity index is 109. The lowest BCUT2D eigenvalue weighted by atomic mass is 10.0. The highest BCUT2D eigenvalue weighted by molar-refractivity contribution is 4.84. The van der Waals surface area contributed by atoms with Crippen LogP contribution in [0.5, 0.6) is 0 Å². The normalized spacial score (nSPS) is 41.7. The van der Waals surface area contributed by atoms with Gasteiger partial charge in [0.1, 0.15) is 0 Å². The van der Waals surface area contributed by atoms with Crippen molar-refractivity contribution in [2.24, 2.45) is 0 Å². The van der Waals surface area contributed by atoms with Crippen molar-refractivity contribution in [3.8, 4) is 0 Å². The molecule has 0 amide bonds. The number of rotatable bonds is 1. The largest absolute Gasteiger partial charge is 0.395 e. The molecule has 0 spiro atoms. The molecule has 1 saturated heterocycles. The number of β-amino-alcohol motifs (C(OH)–C–C–N with tert-alkyl or cyclic N) is 1. The zero-order chi connectivity index (χ0) is 7.56. The molecule has 1 aliphatic heterocycles. The summed E-state index contributed by atoms with van der Waals surface area (Å²) in [6.45, 7) is 0.385. The van der Waals surface area contributed by atoms with Crippen LogP contribution in [0.4, 0.5) is 0 Å². The Kier molecular flexibility index (Phi) is 2.62. The van der Waals surface area contributed by atoms with E-state index in [9.17, 15) is 0 Å². The lowest BCUT2D eigenvalue weighted by Crippen LogP contribution is -2.52. The maximum Gasteiger partial charge on any atom is 0.0740 e. The third kappa shape index (κ3) is 1.67. The minimum Gasteiger partial charge on any atom is -0.395 e. The molecule has 1 fully saturated rings. The van der Waals surface area contributed by atoms with Gasteiger partial charge in [0.25, 0.3) is 0 Å². The Balaban J connectivity index is 2.36. The van der Waals surface area contributed by atoms with E-state index in [4.69, 9.17) is 15.3 Å². The molecule has 4 nitrogen and oxygen atoms in total. The SMILES string of the molecule is OC[C@@H]1NC[C@@H](O)C[C@H]1O. The first-order valence-corrected chi connectivity index (χ1v) is 3.44. The summed E-state index contributed by atoms with van der Waals surface area (Å²) in [6, 6.07) is -0.261. The summed E-state index contributed by atoms with van der Waals surface area (Å²) in [5.41, 5.74) is 0. The van der Waals surface area contributed by atoms with Gasteiger partial charge in [0.05, 0.1) is 24.9 Å². The Morgan fingerprint density at radius 2 is 2.10 bits per heavy atom. The Labute approximate surface area is 59.5 Å². The average molecular weight is 147 g/mol. The first kappa shape index (κ1) is 7.94. The van der Waals surface area contributed by atoms with Gasteiger partial charge in [-0.1, -0.05) is 0 Å². The Hall–Kier alpha value is -0.160. The van der Waals surface area contributed by atoms with E-state index in [2.05, 4.69) is 5.32 Å². The Morgan fingerprint density at radius 1 is 1.40 bits per heavy atom. The second-order valence-corrected chi connectivity index (χ2v) is 2.65. The molecule has 60 valence electrons. The fraction of sp³-hybridized carbons (Fsp3) is 1.00. The molecule has 4 heteroatoms. The number of piperidine rings is 1. The summed E-state index contributed by atoms with van der Waals surface area (Å²) < 4.78 is 0. The molecule has 0 aromatic carbocycles. The summed E-state index contributed by atoms with van der Waals surface area (Å²) in [4.78, 5) is 0. The zero-order valence-corrected chi connectivity index (χ0v) is 5.70. The van der Waals surface area contributed by atoms with Crippen molar-refractivity contribution in [3.05, 3.63) is 0 Å². The molecular formula is C6H13NO3. The van der Waals surface area contributed by atoms with Crippen LogP contribution < -0.4 is 5.32 Å². The van der Waals surface area contributed by atoms with Crippen molar-refractivity contribution < 1.29 is 15.3 Å².